The van der Waals surface area contributed by atoms with E-state index in [0.717, 1.165) is 6.54 Å². The molecule has 2 aromatic rings. The standard InChI is InChI=1S/C23H33N2/c1-5-25(6-2)18-19(3)24(17-20(25)4)23(21-13-9-7-10-14-21)22-15-11-8-12-16-22/h7-16,19-20,23H,5-6,17-18H2,1-4H3/q+1/t19-,20+/m0/s1. The van der Waals surface area contributed by atoms with Gasteiger partial charge in [0.15, 0.2) is 0 Å². The Morgan fingerprint density at radius 1 is 0.880 bits per heavy atom. The minimum Gasteiger partial charge on any atom is -0.320 e. The van der Waals surface area contributed by atoms with Gasteiger partial charge in [0.1, 0.15) is 0 Å². The van der Waals surface area contributed by atoms with E-state index in [1.807, 2.05) is 0 Å². The van der Waals surface area contributed by atoms with Crippen molar-refractivity contribution in [2.24, 2.45) is 0 Å². The predicted octanol–water partition coefficient (Wildman–Crippen LogP) is 4.73. The van der Waals surface area contributed by atoms with Crippen molar-refractivity contribution in [1.82, 2.24) is 4.90 Å². The van der Waals surface area contributed by atoms with Gasteiger partial charge in [-0.05, 0) is 38.8 Å². The summed E-state index contributed by atoms with van der Waals surface area (Å²) in [6.07, 6.45) is 0. The molecule has 0 radical (unpaired) electrons. The lowest BCUT2D eigenvalue weighted by atomic mass is 9.92. The molecule has 25 heavy (non-hydrogen) atoms. The van der Waals surface area contributed by atoms with Gasteiger partial charge in [-0.15, -0.1) is 0 Å². The van der Waals surface area contributed by atoms with Crippen LogP contribution in [0.5, 0.6) is 0 Å². The largest absolute Gasteiger partial charge is 0.320 e. The quantitative estimate of drug-likeness (QED) is 0.713. The second kappa shape index (κ2) is 7.72. The summed E-state index contributed by atoms with van der Waals surface area (Å²) in [7, 11) is 0. The van der Waals surface area contributed by atoms with Gasteiger partial charge >= 0.3 is 0 Å². The van der Waals surface area contributed by atoms with Crippen LogP contribution in [0.4, 0.5) is 0 Å². The number of benzene rings is 2. The highest BCUT2D eigenvalue weighted by Gasteiger charge is 2.43. The lowest BCUT2D eigenvalue weighted by Gasteiger charge is -2.53. The van der Waals surface area contributed by atoms with E-state index >= 15 is 0 Å². The van der Waals surface area contributed by atoms with Crippen LogP contribution in [0.3, 0.4) is 0 Å². The lowest BCUT2D eigenvalue weighted by Crippen LogP contribution is -2.67. The molecule has 0 bridgehead atoms. The molecular weight excluding hydrogens is 304 g/mol. The van der Waals surface area contributed by atoms with Crippen LogP contribution in [0.15, 0.2) is 60.7 Å². The maximum atomic E-state index is 2.73. The Labute approximate surface area is 153 Å². The molecule has 1 aliphatic heterocycles. The summed E-state index contributed by atoms with van der Waals surface area (Å²) in [5, 5.41) is 0. The van der Waals surface area contributed by atoms with Gasteiger partial charge in [-0.1, -0.05) is 60.7 Å². The first kappa shape index (κ1) is 18.2. The van der Waals surface area contributed by atoms with Gasteiger partial charge in [0, 0.05) is 0 Å². The van der Waals surface area contributed by atoms with Crippen LogP contribution in [0.2, 0.25) is 0 Å². The molecule has 0 N–H and O–H groups in total. The Hall–Kier alpha value is -1.64. The van der Waals surface area contributed by atoms with Crippen LogP contribution in [0, 0.1) is 0 Å². The molecule has 0 spiro atoms. The third kappa shape index (κ3) is 3.51. The molecule has 0 saturated carbocycles. The summed E-state index contributed by atoms with van der Waals surface area (Å²) >= 11 is 0. The molecule has 0 aromatic heterocycles. The first-order chi connectivity index (χ1) is 12.1. The molecule has 0 aliphatic carbocycles. The molecular formula is C23H33N2+. The van der Waals surface area contributed by atoms with Crippen LogP contribution in [0.1, 0.15) is 44.9 Å². The Balaban J connectivity index is 1.97. The minimum atomic E-state index is 0.343. The smallest absolute Gasteiger partial charge is 0.0991 e. The summed E-state index contributed by atoms with van der Waals surface area (Å²) in [5.74, 6) is 0. The molecule has 134 valence electrons. The SMILES string of the molecule is CC[N+]1(CC)C[C@H](C)N(C(c2ccccc2)c2ccccc2)C[C@H]1C. The molecule has 2 nitrogen and oxygen atoms in total. The molecule has 1 heterocycles. The highest BCUT2D eigenvalue weighted by Crippen LogP contribution is 2.35. The summed E-state index contributed by atoms with van der Waals surface area (Å²) in [6.45, 7) is 14.4. The second-order valence-electron chi connectivity index (χ2n) is 7.65. The van der Waals surface area contributed by atoms with E-state index in [1.54, 1.807) is 0 Å². The van der Waals surface area contributed by atoms with E-state index in [1.165, 1.54) is 35.2 Å². The van der Waals surface area contributed by atoms with Crippen molar-refractivity contribution in [2.75, 3.05) is 26.2 Å². The van der Waals surface area contributed by atoms with E-state index in [0.29, 0.717) is 18.1 Å². The van der Waals surface area contributed by atoms with Gasteiger partial charge < -0.3 is 4.48 Å². The molecule has 3 rings (SSSR count). The van der Waals surface area contributed by atoms with Gasteiger partial charge in [-0.2, -0.15) is 0 Å². The van der Waals surface area contributed by atoms with Gasteiger partial charge in [0.25, 0.3) is 0 Å². The number of nitrogens with zero attached hydrogens (tertiary/aromatic N) is 2. The van der Waals surface area contributed by atoms with Gasteiger partial charge in [0.05, 0.1) is 44.3 Å². The fraction of sp³-hybridized carbons (Fsp3) is 0.478. The number of likely N-dealkylation sites (N-methyl/N-ethyl adjacent to an activating group) is 1. The third-order valence-corrected chi connectivity index (χ3v) is 6.43. The van der Waals surface area contributed by atoms with Crippen molar-refractivity contribution < 1.29 is 4.48 Å². The lowest BCUT2D eigenvalue weighted by molar-refractivity contribution is -0.953. The summed E-state index contributed by atoms with van der Waals surface area (Å²) in [6, 6.07) is 23.6. The average Bonchev–Trinajstić information content (AvgIpc) is 2.66. The molecule has 0 amide bonds. The Morgan fingerprint density at radius 2 is 1.36 bits per heavy atom. The Bertz CT molecular complexity index is 609. The molecule has 1 fully saturated rings. The predicted molar refractivity (Wildman–Crippen MR) is 107 cm³/mol. The van der Waals surface area contributed by atoms with Crippen LogP contribution >= 0.6 is 0 Å². The van der Waals surface area contributed by atoms with Crippen LogP contribution < -0.4 is 0 Å². The van der Waals surface area contributed by atoms with E-state index in [4.69, 9.17) is 0 Å². The van der Waals surface area contributed by atoms with Crippen LogP contribution in [0.25, 0.3) is 0 Å². The normalized spacial score (nSPS) is 23.7. The van der Waals surface area contributed by atoms with E-state index in [9.17, 15) is 0 Å². The molecule has 2 heteroatoms. The zero-order chi connectivity index (χ0) is 17.9. The van der Waals surface area contributed by atoms with Gasteiger partial charge in [-0.25, -0.2) is 0 Å². The summed E-state index contributed by atoms with van der Waals surface area (Å²) in [5.41, 5.74) is 2.81. The van der Waals surface area contributed by atoms with Gasteiger partial charge in [-0.3, -0.25) is 4.90 Å². The van der Waals surface area contributed by atoms with Crippen molar-refractivity contribution >= 4 is 0 Å². The minimum absolute atomic E-state index is 0.343. The first-order valence-electron chi connectivity index (χ1n) is 9.82. The second-order valence-corrected chi connectivity index (χ2v) is 7.65. The van der Waals surface area contributed by atoms with Crippen molar-refractivity contribution in [2.45, 2.75) is 45.8 Å². The number of rotatable bonds is 5. The van der Waals surface area contributed by atoms with Crippen LogP contribution in [-0.4, -0.2) is 47.6 Å². The van der Waals surface area contributed by atoms with Gasteiger partial charge in [0.2, 0.25) is 0 Å². The molecule has 0 unspecified atom stereocenters. The third-order valence-electron chi connectivity index (χ3n) is 6.43. The maximum absolute atomic E-state index is 2.73. The number of hydrogen-bond acceptors (Lipinski definition) is 1. The molecule has 1 aliphatic rings. The fourth-order valence-corrected chi connectivity index (χ4v) is 4.78. The van der Waals surface area contributed by atoms with Crippen molar-refractivity contribution in [3.63, 3.8) is 0 Å². The Kier molecular flexibility index (Phi) is 5.61. The monoisotopic (exact) mass is 337 g/mol. The number of piperazine rings is 1. The number of hydrogen-bond donors (Lipinski definition) is 0. The highest BCUT2D eigenvalue weighted by molar-refractivity contribution is 5.32. The first-order valence-corrected chi connectivity index (χ1v) is 9.82. The van der Waals surface area contributed by atoms with Crippen molar-refractivity contribution in [3.05, 3.63) is 71.8 Å². The van der Waals surface area contributed by atoms with Crippen molar-refractivity contribution in [3.8, 4) is 0 Å². The maximum Gasteiger partial charge on any atom is 0.0991 e. The molecule has 2 atom stereocenters. The number of quaternary nitrogens is 1. The van der Waals surface area contributed by atoms with E-state index in [-0.39, 0.29) is 0 Å². The molecule has 1 saturated heterocycles. The molecule has 2 aromatic carbocycles. The Morgan fingerprint density at radius 3 is 1.80 bits per heavy atom. The zero-order valence-corrected chi connectivity index (χ0v) is 16.2. The van der Waals surface area contributed by atoms with Crippen molar-refractivity contribution in [1.29, 1.82) is 0 Å². The average molecular weight is 338 g/mol. The van der Waals surface area contributed by atoms with E-state index < -0.39 is 0 Å². The topological polar surface area (TPSA) is 3.24 Å². The summed E-state index contributed by atoms with van der Waals surface area (Å²) in [4.78, 5) is 2.73. The van der Waals surface area contributed by atoms with Crippen LogP contribution in [-0.2, 0) is 0 Å². The van der Waals surface area contributed by atoms with E-state index in [2.05, 4.69) is 93.3 Å². The zero-order valence-electron chi connectivity index (χ0n) is 16.2. The summed E-state index contributed by atoms with van der Waals surface area (Å²) < 4.78 is 1.24. The fourth-order valence-electron chi connectivity index (χ4n) is 4.78. The highest BCUT2D eigenvalue weighted by atomic mass is 15.4.